The Balaban J connectivity index is 0.000000190. The number of hydrogen-bond donors (Lipinski definition) is 0. The van der Waals surface area contributed by atoms with Crippen LogP contribution in [0.4, 0.5) is 24.5 Å². The van der Waals surface area contributed by atoms with Crippen molar-refractivity contribution in [3.8, 4) is 28.0 Å². The molecule has 0 unspecified atom stereocenters. The highest BCUT2D eigenvalue weighted by Gasteiger charge is 2.29. The molecular formula is C30H27Cl2F3N6O7. The summed E-state index contributed by atoms with van der Waals surface area (Å²) in [6.45, 7) is 7.39. The van der Waals surface area contributed by atoms with E-state index in [4.69, 9.17) is 27.9 Å². The summed E-state index contributed by atoms with van der Waals surface area (Å²) in [5.41, 5.74) is -2.48. The maximum absolute atomic E-state index is 14.6. The van der Waals surface area contributed by atoms with Gasteiger partial charge in [0.2, 0.25) is 5.82 Å². The highest BCUT2D eigenvalue weighted by atomic mass is 35.5. The Bertz CT molecular complexity index is 2100. The van der Waals surface area contributed by atoms with E-state index in [1.807, 2.05) is 0 Å². The van der Waals surface area contributed by atoms with Crippen LogP contribution >= 0.6 is 23.2 Å². The average Bonchev–Trinajstić information content (AvgIpc) is 3.45. The van der Waals surface area contributed by atoms with Crippen LogP contribution in [-0.4, -0.2) is 35.2 Å². The molecule has 4 aromatic rings. The monoisotopic (exact) mass is 710 g/mol. The number of fused-ring (bicyclic) bond motifs is 2. The minimum absolute atomic E-state index is 0.0110. The second-order valence-corrected chi connectivity index (χ2v) is 11.9. The molecule has 0 amide bonds. The van der Waals surface area contributed by atoms with Gasteiger partial charge in [-0.3, -0.25) is 39.2 Å². The molecule has 254 valence electrons. The van der Waals surface area contributed by atoms with E-state index >= 15 is 0 Å². The smallest absolute Gasteiger partial charge is 0.313 e. The van der Waals surface area contributed by atoms with E-state index in [2.05, 4.69) is 6.58 Å². The lowest BCUT2D eigenvalue weighted by atomic mass is 10.1. The second kappa shape index (κ2) is 13.7. The first kappa shape index (κ1) is 34.5. The first-order valence-electron chi connectivity index (χ1n) is 14.6. The predicted octanol–water partition coefficient (Wildman–Crippen LogP) is 6.72. The molecule has 0 atom stereocenters. The van der Waals surface area contributed by atoms with Crippen LogP contribution in [-0.2, 0) is 26.2 Å². The van der Waals surface area contributed by atoms with E-state index < -0.39 is 49.8 Å². The number of nitro groups is 2. The number of hydrogen-bond acceptors (Lipinski definition) is 7. The maximum atomic E-state index is 14.6. The summed E-state index contributed by atoms with van der Waals surface area (Å²) in [6.07, 6.45) is 3.31. The fourth-order valence-corrected chi connectivity index (χ4v) is 6.28. The van der Waals surface area contributed by atoms with Gasteiger partial charge in [-0.25, -0.2) is 18.1 Å². The third-order valence-corrected chi connectivity index (χ3v) is 8.58. The molecule has 0 saturated carbocycles. The van der Waals surface area contributed by atoms with Crippen LogP contribution in [0.3, 0.4) is 0 Å². The van der Waals surface area contributed by atoms with Crippen molar-refractivity contribution in [1.82, 2.24) is 18.7 Å². The Morgan fingerprint density at radius 1 is 0.750 bits per heavy atom. The molecule has 48 heavy (non-hydrogen) atoms. The van der Waals surface area contributed by atoms with E-state index in [1.165, 1.54) is 14.0 Å². The van der Waals surface area contributed by atoms with Crippen LogP contribution in [0.2, 0.25) is 10.3 Å². The molecule has 0 N–H and O–H groups in total. The third kappa shape index (κ3) is 6.36. The fraction of sp³-hybridized carbons (Fsp3) is 0.333. The molecule has 0 saturated heterocycles. The summed E-state index contributed by atoms with van der Waals surface area (Å²) in [6, 6.07) is 3.01. The van der Waals surface area contributed by atoms with Gasteiger partial charge in [0, 0.05) is 37.3 Å². The van der Waals surface area contributed by atoms with Gasteiger partial charge in [0.15, 0.2) is 5.75 Å². The van der Waals surface area contributed by atoms with E-state index in [0.29, 0.717) is 43.9 Å². The summed E-state index contributed by atoms with van der Waals surface area (Å²) < 4.78 is 53.8. The molecule has 0 spiro atoms. The van der Waals surface area contributed by atoms with Crippen molar-refractivity contribution in [2.75, 3.05) is 6.61 Å². The number of nitrogens with zero attached hydrogens (tertiary/aromatic N) is 6. The number of nitro benzene ring substituents is 2. The Morgan fingerprint density at radius 3 is 1.58 bits per heavy atom. The Hall–Kier alpha value is -4.83. The number of aromatic nitrogens is 4. The molecule has 4 heterocycles. The summed E-state index contributed by atoms with van der Waals surface area (Å²) in [5, 5.41) is 21.9. The van der Waals surface area contributed by atoms with Gasteiger partial charge in [-0.1, -0.05) is 29.8 Å². The number of halogens is 5. The normalized spacial score (nSPS) is 13.6. The molecule has 2 aromatic heterocycles. The van der Waals surface area contributed by atoms with Crippen molar-refractivity contribution in [1.29, 1.82) is 0 Å². The lowest BCUT2D eigenvalue weighted by Crippen LogP contribution is -2.27. The molecule has 0 bridgehead atoms. The van der Waals surface area contributed by atoms with Gasteiger partial charge < -0.3 is 4.74 Å². The Kier molecular flexibility index (Phi) is 9.86. The Labute approximate surface area is 279 Å². The molecule has 0 radical (unpaired) electrons. The van der Waals surface area contributed by atoms with Gasteiger partial charge in [-0.2, -0.15) is 4.39 Å². The third-order valence-electron chi connectivity index (χ3n) is 7.82. The summed E-state index contributed by atoms with van der Waals surface area (Å²) in [4.78, 5) is 45.1. The molecule has 6 rings (SSSR count). The molecule has 0 aliphatic carbocycles. The molecule has 13 nitrogen and oxygen atoms in total. The molecule has 2 aromatic carbocycles. The van der Waals surface area contributed by atoms with Crippen molar-refractivity contribution >= 4 is 34.6 Å². The van der Waals surface area contributed by atoms with Gasteiger partial charge in [0.25, 0.3) is 11.1 Å². The fourth-order valence-electron chi connectivity index (χ4n) is 5.57. The Morgan fingerprint density at radius 2 is 1.17 bits per heavy atom. The average molecular weight is 711 g/mol. The lowest BCUT2D eigenvalue weighted by molar-refractivity contribution is -0.387. The van der Waals surface area contributed by atoms with Crippen molar-refractivity contribution in [2.24, 2.45) is 0 Å². The van der Waals surface area contributed by atoms with Crippen molar-refractivity contribution < 1.29 is 27.8 Å². The van der Waals surface area contributed by atoms with Gasteiger partial charge in [-0.05, 0) is 50.3 Å². The number of ether oxygens (including phenoxy) is 1. The largest absolute Gasteiger partial charge is 0.482 e. The first-order chi connectivity index (χ1) is 22.7. The summed E-state index contributed by atoms with van der Waals surface area (Å²) >= 11 is 12.5. The highest BCUT2D eigenvalue weighted by molar-refractivity contribution is 6.32. The maximum Gasteiger partial charge on any atom is 0.313 e. The lowest BCUT2D eigenvalue weighted by Gasteiger charge is -2.17. The van der Waals surface area contributed by atoms with Crippen LogP contribution in [0.1, 0.15) is 32.6 Å². The second-order valence-electron chi connectivity index (χ2n) is 11.2. The SMILES string of the molecule is C=C(C)COc1cc(-c2c(Cl)n3n(c2=O)CCCC3)c(F)cc1[N+](=O)[O-].O=c1c(-c2cc(F)c([N+](=O)[O-])cc2F)c(Cl)n2n1CCCC2. The number of benzene rings is 2. The zero-order valence-corrected chi connectivity index (χ0v) is 26.8. The van der Waals surface area contributed by atoms with Gasteiger partial charge in [0.1, 0.15) is 28.5 Å². The zero-order chi connectivity index (χ0) is 35.0. The topological polar surface area (TPSA) is 149 Å². The summed E-state index contributed by atoms with van der Waals surface area (Å²) in [7, 11) is 0. The highest BCUT2D eigenvalue weighted by Crippen LogP contribution is 2.37. The minimum atomic E-state index is -1.22. The molecule has 18 heteroatoms. The van der Waals surface area contributed by atoms with Gasteiger partial charge >= 0.3 is 11.4 Å². The standard InChI is InChI=1S/C17H17ClFN3O4.C13H10ClF2N3O3/c1-10(2)9-26-14-7-11(12(19)8-13(14)22(24)25)15-16(18)20-5-3-4-6-21(20)17(15)23;14-12-11(13(20)18-4-2-1-3-17(12)18)7-5-9(16)10(19(21)22)6-8(7)15/h7-8H,1,3-6,9H2,2H3;5-6H,1-4H2. The molecule has 2 aliphatic rings. The zero-order valence-electron chi connectivity index (χ0n) is 25.3. The van der Waals surface area contributed by atoms with E-state index in [-0.39, 0.29) is 44.9 Å². The van der Waals surface area contributed by atoms with Gasteiger partial charge in [0.05, 0.1) is 33.1 Å². The predicted molar refractivity (Wildman–Crippen MR) is 170 cm³/mol. The van der Waals surface area contributed by atoms with Crippen LogP contribution in [0.5, 0.6) is 5.75 Å². The van der Waals surface area contributed by atoms with Crippen LogP contribution in [0.25, 0.3) is 22.3 Å². The first-order valence-corrected chi connectivity index (χ1v) is 15.4. The van der Waals surface area contributed by atoms with Crippen LogP contribution in [0.15, 0.2) is 46.0 Å². The number of rotatable bonds is 7. The molecule has 2 aliphatic heterocycles. The quantitative estimate of drug-likeness (QED) is 0.117. The van der Waals surface area contributed by atoms with E-state index in [1.54, 1.807) is 11.6 Å². The summed E-state index contributed by atoms with van der Waals surface area (Å²) in [5.74, 6) is -3.32. The van der Waals surface area contributed by atoms with Crippen molar-refractivity contribution in [3.05, 3.63) is 105 Å². The minimum Gasteiger partial charge on any atom is -0.482 e. The van der Waals surface area contributed by atoms with Crippen LogP contribution < -0.4 is 15.9 Å². The van der Waals surface area contributed by atoms with Crippen molar-refractivity contribution in [3.63, 3.8) is 0 Å². The molecular weight excluding hydrogens is 684 g/mol. The van der Waals surface area contributed by atoms with E-state index in [9.17, 15) is 43.0 Å². The molecule has 0 fully saturated rings. The van der Waals surface area contributed by atoms with Crippen LogP contribution in [0, 0.1) is 37.7 Å². The van der Waals surface area contributed by atoms with E-state index in [0.717, 1.165) is 37.8 Å². The van der Waals surface area contributed by atoms with Crippen molar-refractivity contribution in [2.45, 2.75) is 58.8 Å². The van der Waals surface area contributed by atoms with Gasteiger partial charge in [-0.15, -0.1) is 0 Å².